The molecule has 5 rings (SSSR count). The molecule has 1 aliphatic rings. The molecule has 0 saturated heterocycles. The summed E-state index contributed by atoms with van der Waals surface area (Å²) in [6, 6.07) is 12.7. The number of unbranched alkanes of at least 4 members (excludes halogenated alkanes) is 2. The summed E-state index contributed by atoms with van der Waals surface area (Å²) in [7, 11) is 0. The van der Waals surface area contributed by atoms with Crippen molar-refractivity contribution in [3.05, 3.63) is 63.7 Å². The van der Waals surface area contributed by atoms with E-state index in [4.69, 9.17) is 4.74 Å². The number of rotatable bonds is 8. The minimum Gasteiger partial charge on any atom is -0.494 e. The molecule has 0 fully saturated rings. The van der Waals surface area contributed by atoms with Crippen LogP contribution in [0.5, 0.6) is 5.75 Å². The molecule has 4 nitrogen and oxygen atoms in total. The minimum absolute atomic E-state index is 0.773. The van der Waals surface area contributed by atoms with E-state index in [9.17, 15) is 0 Å². The van der Waals surface area contributed by atoms with Gasteiger partial charge in [0.2, 0.25) is 0 Å². The molecule has 1 N–H and O–H groups in total. The third-order valence-electron chi connectivity index (χ3n) is 6.14. The van der Waals surface area contributed by atoms with Crippen molar-refractivity contribution in [2.75, 3.05) is 26.2 Å². The molecule has 2 aromatic carbocycles. The van der Waals surface area contributed by atoms with Gasteiger partial charge in [-0.15, -0.1) is 11.3 Å². The molecule has 0 aliphatic carbocycles. The predicted octanol–water partition coefficient (Wildman–Crippen LogP) is 7.19. The molecule has 6 heteroatoms. The predicted molar refractivity (Wildman–Crippen MR) is 139 cm³/mol. The van der Waals surface area contributed by atoms with Crippen LogP contribution in [0.4, 0.5) is 0 Å². The number of aromatic amines is 1. The lowest BCUT2D eigenvalue weighted by molar-refractivity contribution is 0.276. The number of hydrogen-bond donors (Lipinski definition) is 1. The zero-order valence-electron chi connectivity index (χ0n) is 18.4. The Balaban J connectivity index is 1.04. The smallest absolute Gasteiger partial charge is 0.121 e. The maximum Gasteiger partial charge on any atom is 0.121 e. The number of benzene rings is 2. The van der Waals surface area contributed by atoms with Crippen molar-refractivity contribution in [2.24, 2.45) is 0 Å². The molecule has 0 bridgehead atoms. The van der Waals surface area contributed by atoms with E-state index in [1.165, 1.54) is 39.6 Å². The van der Waals surface area contributed by atoms with Crippen molar-refractivity contribution in [3.63, 3.8) is 0 Å². The van der Waals surface area contributed by atoms with Gasteiger partial charge in [0.1, 0.15) is 5.75 Å². The van der Waals surface area contributed by atoms with Gasteiger partial charge in [-0.3, -0.25) is 4.90 Å². The molecule has 4 aromatic rings. The Morgan fingerprint density at radius 2 is 2.09 bits per heavy atom. The molecular formula is C26H28BrN3OS. The Hall–Kier alpha value is -2.15. The highest BCUT2D eigenvalue weighted by molar-refractivity contribution is 9.10. The zero-order valence-corrected chi connectivity index (χ0v) is 20.8. The van der Waals surface area contributed by atoms with Crippen LogP contribution in [0.15, 0.2) is 53.1 Å². The van der Waals surface area contributed by atoms with Crippen LogP contribution in [0, 0.1) is 6.92 Å². The zero-order chi connectivity index (χ0) is 21.9. The van der Waals surface area contributed by atoms with Crippen LogP contribution in [-0.4, -0.2) is 41.1 Å². The van der Waals surface area contributed by atoms with E-state index in [1.54, 1.807) is 11.3 Å². The van der Waals surface area contributed by atoms with Crippen LogP contribution in [0.1, 0.15) is 36.3 Å². The highest BCUT2D eigenvalue weighted by Crippen LogP contribution is 2.31. The average Bonchev–Trinajstić information content (AvgIpc) is 3.38. The third-order valence-corrected chi connectivity index (χ3v) is 7.58. The van der Waals surface area contributed by atoms with Crippen molar-refractivity contribution in [1.82, 2.24) is 14.9 Å². The number of fused-ring (bicyclic) bond motifs is 2. The summed E-state index contributed by atoms with van der Waals surface area (Å²) < 4.78 is 8.29. The Kier molecular flexibility index (Phi) is 6.62. The summed E-state index contributed by atoms with van der Waals surface area (Å²) in [5.41, 5.74) is 5.07. The molecule has 2 aromatic heterocycles. The summed E-state index contributed by atoms with van der Waals surface area (Å²) in [4.78, 5) is 10.5. The SMILES string of the molecule is Cc1nc2cc(OCCCCCN3CC=C(c4c[nH]c5cc(Br)ccc45)CC3)ccc2s1. The van der Waals surface area contributed by atoms with Crippen LogP contribution in [0.3, 0.4) is 0 Å². The molecule has 166 valence electrons. The normalized spacial score (nSPS) is 14.9. The van der Waals surface area contributed by atoms with Crippen LogP contribution in [-0.2, 0) is 0 Å². The lowest BCUT2D eigenvalue weighted by atomic mass is 9.99. The number of ether oxygens (including phenoxy) is 1. The number of nitrogens with one attached hydrogen (secondary N) is 1. The topological polar surface area (TPSA) is 41.1 Å². The molecule has 0 saturated carbocycles. The largest absolute Gasteiger partial charge is 0.494 e. The molecule has 32 heavy (non-hydrogen) atoms. The van der Waals surface area contributed by atoms with Crippen LogP contribution < -0.4 is 4.74 Å². The lowest BCUT2D eigenvalue weighted by Crippen LogP contribution is -2.29. The highest BCUT2D eigenvalue weighted by Gasteiger charge is 2.15. The van der Waals surface area contributed by atoms with E-state index in [2.05, 4.69) is 79.5 Å². The van der Waals surface area contributed by atoms with Gasteiger partial charge in [0.15, 0.2) is 0 Å². The average molecular weight is 511 g/mol. The summed E-state index contributed by atoms with van der Waals surface area (Å²) in [5.74, 6) is 0.932. The highest BCUT2D eigenvalue weighted by atomic mass is 79.9. The first-order valence-electron chi connectivity index (χ1n) is 11.3. The Morgan fingerprint density at radius 1 is 1.16 bits per heavy atom. The molecule has 1 aliphatic heterocycles. The number of halogens is 1. The number of aromatic nitrogens is 2. The van der Waals surface area contributed by atoms with Crippen molar-refractivity contribution < 1.29 is 4.74 Å². The van der Waals surface area contributed by atoms with Gasteiger partial charge in [0.25, 0.3) is 0 Å². The first-order chi connectivity index (χ1) is 15.7. The maximum atomic E-state index is 5.95. The number of thiazole rings is 1. The van der Waals surface area contributed by atoms with Gasteiger partial charge in [-0.1, -0.05) is 28.1 Å². The van der Waals surface area contributed by atoms with Gasteiger partial charge in [-0.2, -0.15) is 0 Å². The first kappa shape index (κ1) is 21.7. The van der Waals surface area contributed by atoms with E-state index in [0.29, 0.717) is 0 Å². The molecule has 0 spiro atoms. The summed E-state index contributed by atoms with van der Waals surface area (Å²) in [6.45, 7) is 6.16. The van der Waals surface area contributed by atoms with Gasteiger partial charge in [-0.05, 0) is 69.0 Å². The fraction of sp³-hybridized carbons (Fsp3) is 0.346. The number of H-pyrrole nitrogens is 1. The monoisotopic (exact) mass is 509 g/mol. The van der Waals surface area contributed by atoms with E-state index in [0.717, 1.165) is 59.8 Å². The number of aryl methyl sites for hydroxylation is 1. The third kappa shape index (κ3) is 4.92. The van der Waals surface area contributed by atoms with Crippen LogP contribution in [0.2, 0.25) is 0 Å². The first-order valence-corrected chi connectivity index (χ1v) is 12.9. The standard InChI is InChI=1S/C26H28BrN3OS/c1-18-29-25-16-21(6-8-26(25)32-18)31-14-4-2-3-11-30-12-9-19(10-13-30)23-17-28-24-15-20(27)5-7-22(23)24/h5-9,15-17,28H,2-4,10-14H2,1H3. The van der Waals surface area contributed by atoms with Crippen molar-refractivity contribution in [2.45, 2.75) is 32.6 Å². The van der Waals surface area contributed by atoms with E-state index in [1.807, 2.05) is 6.92 Å². The second-order valence-electron chi connectivity index (χ2n) is 8.44. The fourth-order valence-corrected chi connectivity index (χ4v) is 5.61. The second-order valence-corrected chi connectivity index (χ2v) is 10.6. The fourth-order valence-electron chi connectivity index (χ4n) is 4.44. The Bertz CT molecular complexity index is 1260. The van der Waals surface area contributed by atoms with Gasteiger partial charge in [-0.25, -0.2) is 4.98 Å². The van der Waals surface area contributed by atoms with E-state index < -0.39 is 0 Å². The minimum atomic E-state index is 0.773. The second kappa shape index (κ2) is 9.77. The number of hydrogen-bond acceptors (Lipinski definition) is 4. The van der Waals surface area contributed by atoms with E-state index in [-0.39, 0.29) is 0 Å². The van der Waals surface area contributed by atoms with Gasteiger partial charge >= 0.3 is 0 Å². The van der Waals surface area contributed by atoms with Crippen LogP contribution in [0.25, 0.3) is 26.7 Å². The van der Waals surface area contributed by atoms with Crippen molar-refractivity contribution in [3.8, 4) is 5.75 Å². The molecule has 0 amide bonds. The molecule has 0 atom stereocenters. The molecule has 0 unspecified atom stereocenters. The molecule has 0 radical (unpaired) electrons. The quantitative estimate of drug-likeness (QED) is 0.255. The van der Waals surface area contributed by atoms with Crippen molar-refractivity contribution >= 4 is 54.0 Å². The van der Waals surface area contributed by atoms with E-state index >= 15 is 0 Å². The summed E-state index contributed by atoms with van der Waals surface area (Å²) in [6.07, 6.45) is 9.19. The molecular weight excluding hydrogens is 482 g/mol. The van der Waals surface area contributed by atoms with Crippen molar-refractivity contribution in [1.29, 1.82) is 0 Å². The molecule has 3 heterocycles. The lowest BCUT2D eigenvalue weighted by Gasteiger charge is -2.26. The summed E-state index contributed by atoms with van der Waals surface area (Å²) >= 11 is 5.29. The van der Waals surface area contributed by atoms with Gasteiger partial charge in [0, 0.05) is 46.3 Å². The Labute approximate surface area is 201 Å². The van der Waals surface area contributed by atoms with Gasteiger partial charge in [0.05, 0.1) is 21.8 Å². The summed E-state index contributed by atoms with van der Waals surface area (Å²) in [5, 5.41) is 2.42. The number of nitrogens with zero attached hydrogens (tertiary/aromatic N) is 2. The van der Waals surface area contributed by atoms with Gasteiger partial charge < -0.3 is 9.72 Å². The van der Waals surface area contributed by atoms with Crippen LogP contribution >= 0.6 is 27.3 Å². The Morgan fingerprint density at radius 3 is 2.97 bits per heavy atom. The maximum absolute atomic E-state index is 5.95.